The number of hydrogen-bond acceptors (Lipinski definition) is 3. The lowest BCUT2D eigenvalue weighted by Crippen LogP contribution is -2.62. The number of para-hydroxylation sites is 1. The Labute approximate surface area is 173 Å². The smallest absolute Gasteiger partial charge is 0.321 e. The fraction of sp³-hybridized carbons (Fsp3) is 0.652. The van der Waals surface area contributed by atoms with E-state index in [0.717, 1.165) is 64.1 Å². The van der Waals surface area contributed by atoms with Gasteiger partial charge in [0, 0.05) is 56.9 Å². The van der Waals surface area contributed by atoms with Crippen molar-refractivity contribution in [3.8, 4) is 0 Å². The molecular weight excluding hydrogens is 364 g/mol. The first-order chi connectivity index (χ1) is 14.2. The van der Waals surface area contributed by atoms with E-state index in [1.54, 1.807) is 0 Å². The Kier molecular flexibility index (Phi) is 5.20. The van der Waals surface area contributed by atoms with Gasteiger partial charge in [-0.05, 0) is 56.1 Å². The zero-order valence-corrected chi connectivity index (χ0v) is 17.1. The summed E-state index contributed by atoms with van der Waals surface area (Å²) in [6.45, 7) is 4.86. The first-order valence-electron chi connectivity index (χ1n) is 11.3. The Balaban J connectivity index is 1.16. The van der Waals surface area contributed by atoms with Gasteiger partial charge in [0.25, 0.3) is 0 Å². The van der Waals surface area contributed by atoms with Crippen molar-refractivity contribution in [3.63, 3.8) is 0 Å². The fourth-order valence-corrected chi connectivity index (χ4v) is 6.10. The normalized spacial score (nSPS) is 30.8. The largest absolute Gasteiger partial charge is 0.339 e. The molecule has 6 heteroatoms. The van der Waals surface area contributed by atoms with Crippen LogP contribution in [0.3, 0.4) is 0 Å². The number of nitrogens with zero attached hydrogens (tertiary/aromatic N) is 3. The van der Waals surface area contributed by atoms with Crippen LogP contribution in [0.15, 0.2) is 30.3 Å². The number of anilines is 1. The minimum Gasteiger partial charge on any atom is -0.339 e. The van der Waals surface area contributed by atoms with E-state index in [2.05, 4.69) is 15.1 Å². The van der Waals surface area contributed by atoms with E-state index in [4.69, 9.17) is 0 Å². The molecule has 156 valence electrons. The molecule has 3 amide bonds. The van der Waals surface area contributed by atoms with Crippen LogP contribution in [0.25, 0.3) is 0 Å². The second kappa shape index (κ2) is 7.98. The number of urea groups is 1. The summed E-state index contributed by atoms with van der Waals surface area (Å²) in [5.41, 5.74) is 0.857. The Morgan fingerprint density at radius 2 is 1.79 bits per heavy atom. The highest BCUT2D eigenvalue weighted by Gasteiger charge is 2.45. The number of likely N-dealkylation sites (tertiary alicyclic amines) is 2. The number of benzene rings is 1. The maximum absolute atomic E-state index is 12.6. The first kappa shape index (κ1) is 18.9. The summed E-state index contributed by atoms with van der Waals surface area (Å²) in [4.78, 5) is 31.8. The average Bonchev–Trinajstić information content (AvgIpc) is 2.75. The predicted octanol–water partition coefficient (Wildman–Crippen LogP) is 3.02. The lowest BCUT2D eigenvalue weighted by molar-refractivity contribution is -0.145. The monoisotopic (exact) mass is 396 g/mol. The van der Waals surface area contributed by atoms with Gasteiger partial charge in [0.05, 0.1) is 0 Å². The van der Waals surface area contributed by atoms with Gasteiger partial charge in [-0.1, -0.05) is 18.2 Å². The first-order valence-corrected chi connectivity index (χ1v) is 11.3. The van der Waals surface area contributed by atoms with Gasteiger partial charge in [-0.25, -0.2) is 4.79 Å². The summed E-state index contributed by atoms with van der Waals surface area (Å²) < 4.78 is 0. The molecule has 1 aromatic carbocycles. The second-order valence-corrected chi connectivity index (χ2v) is 9.34. The molecule has 4 fully saturated rings. The van der Waals surface area contributed by atoms with E-state index >= 15 is 0 Å². The zero-order valence-electron chi connectivity index (χ0n) is 17.1. The summed E-state index contributed by atoms with van der Waals surface area (Å²) in [5, 5.41) is 3.01. The third-order valence-corrected chi connectivity index (χ3v) is 7.50. The van der Waals surface area contributed by atoms with E-state index in [9.17, 15) is 9.59 Å². The highest BCUT2D eigenvalue weighted by atomic mass is 16.2. The van der Waals surface area contributed by atoms with Crippen molar-refractivity contribution in [2.45, 2.75) is 50.6 Å². The molecule has 0 unspecified atom stereocenters. The molecule has 4 aliphatic heterocycles. The van der Waals surface area contributed by atoms with E-state index in [1.165, 1.54) is 12.8 Å². The van der Waals surface area contributed by atoms with Gasteiger partial charge < -0.3 is 15.1 Å². The summed E-state index contributed by atoms with van der Waals surface area (Å²) in [7, 11) is 0. The van der Waals surface area contributed by atoms with Crippen LogP contribution in [0.1, 0.15) is 38.5 Å². The second-order valence-electron chi connectivity index (χ2n) is 9.34. The number of nitrogens with one attached hydrogen (secondary N) is 1. The number of amides is 3. The van der Waals surface area contributed by atoms with Crippen molar-refractivity contribution in [1.29, 1.82) is 0 Å². The Hall–Kier alpha value is -2.08. The summed E-state index contributed by atoms with van der Waals surface area (Å²) in [6, 6.07) is 10.8. The van der Waals surface area contributed by atoms with Gasteiger partial charge in [-0.3, -0.25) is 9.69 Å². The maximum atomic E-state index is 12.6. The van der Waals surface area contributed by atoms with E-state index in [0.29, 0.717) is 29.8 Å². The highest BCUT2D eigenvalue weighted by Crippen LogP contribution is 2.39. The zero-order chi connectivity index (χ0) is 19.8. The molecule has 6 nitrogen and oxygen atoms in total. The van der Waals surface area contributed by atoms with Gasteiger partial charge in [-0.15, -0.1) is 0 Å². The van der Waals surface area contributed by atoms with Crippen LogP contribution in [-0.2, 0) is 4.79 Å². The summed E-state index contributed by atoms with van der Waals surface area (Å²) in [6.07, 6.45) is 6.40. The van der Waals surface area contributed by atoms with Gasteiger partial charge in [0.2, 0.25) is 5.91 Å². The van der Waals surface area contributed by atoms with Crippen molar-refractivity contribution in [1.82, 2.24) is 14.7 Å². The molecule has 0 aromatic heterocycles. The lowest BCUT2D eigenvalue weighted by Gasteiger charge is -2.54. The third kappa shape index (κ3) is 3.87. The molecule has 0 aliphatic carbocycles. The molecule has 0 saturated carbocycles. The molecule has 4 heterocycles. The van der Waals surface area contributed by atoms with Crippen LogP contribution >= 0.6 is 0 Å². The third-order valence-electron chi connectivity index (χ3n) is 7.50. The average molecular weight is 397 g/mol. The predicted molar refractivity (Wildman–Crippen MR) is 113 cm³/mol. The number of carbonyl (C=O) groups excluding carboxylic acids is 2. The van der Waals surface area contributed by atoms with Crippen molar-refractivity contribution in [2.24, 2.45) is 11.8 Å². The van der Waals surface area contributed by atoms with E-state index < -0.39 is 0 Å². The number of hydrogen-bond donors (Lipinski definition) is 1. The molecule has 4 aliphatic rings. The van der Waals surface area contributed by atoms with Crippen molar-refractivity contribution in [2.75, 3.05) is 38.0 Å². The maximum Gasteiger partial charge on any atom is 0.321 e. The summed E-state index contributed by atoms with van der Waals surface area (Å²) in [5.74, 6) is 1.67. The molecule has 2 bridgehead atoms. The molecular formula is C23H32N4O2. The number of rotatable bonds is 2. The van der Waals surface area contributed by atoms with Gasteiger partial charge in [-0.2, -0.15) is 0 Å². The van der Waals surface area contributed by atoms with Crippen LogP contribution in [-0.4, -0.2) is 71.4 Å². The van der Waals surface area contributed by atoms with Gasteiger partial charge in [0.1, 0.15) is 0 Å². The molecule has 5 rings (SSSR count). The number of fused-ring (bicyclic) bond motifs is 4. The van der Waals surface area contributed by atoms with E-state index in [-0.39, 0.29) is 6.03 Å². The fourth-order valence-electron chi connectivity index (χ4n) is 6.10. The summed E-state index contributed by atoms with van der Waals surface area (Å²) >= 11 is 0. The van der Waals surface area contributed by atoms with Crippen LogP contribution < -0.4 is 5.32 Å². The minimum absolute atomic E-state index is 0.0153. The topological polar surface area (TPSA) is 55.9 Å². The Morgan fingerprint density at radius 3 is 2.59 bits per heavy atom. The Morgan fingerprint density at radius 1 is 1.00 bits per heavy atom. The van der Waals surface area contributed by atoms with E-state index in [1.807, 2.05) is 35.2 Å². The standard InChI is InChI=1S/C23H32N4O2/c28-22-8-4-7-21-18-13-17(15-27(21)22)14-26(16-18)20-9-11-25(12-10-20)23(29)24-19-5-2-1-3-6-19/h1-3,5-6,17-18,20-21H,4,7-16H2,(H,24,29)/t17-,18-,21-/m1/s1. The molecule has 1 aromatic rings. The highest BCUT2D eigenvalue weighted by molar-refractivity contribution is 5.89. The molecule has 29 heavy (non-hydrogen) atoms. The van der Waals surface area contributed by atoms with Gasteiger partial charge >= 0.3 is 6.03 Å². The molecule has 0 radical (unpaired) electrons. The molecule has 3 atom stereocenters. The van der Waals surface area contributed by atoms with Crippen LogP contribution in [0.4, 0.5) is 10.5 Å². The van der Waals surface area contributed by atoms with Crippen LogP contribution in [0.2, 0.25) is 0 Å². The molecule has 1 N–H and O–H groups in total. The minimum atomic E-state index is 0.0153. The van der Waals surface area contributed by atoms with Crippen LogP contribution in [0.5, 0.6) is 0 Å². The lowest BCUT2D eigenvalue weighted by atomic mass is 9.75. The van der Waals surface area contributed by atoms with Gasteiger partial charge in [0.15, 0.2) is 0 Å². The number of piperidine rings is 4. The number of carbonyl (C=O) groups is 2. The van der Waals surface area contributed by atoms with Crippen molar-refractivity contribution < 1.29 is 9.59 Å². The van der Waals surface area contributed by atoms with Crippen LogP contribution in [0, 0.1) is 11.8 Å². The van der Waals surface area contributed by atoms with Crippen molar-refractivity contribution in [3.05, 3.63) is 30.3 Å². The molecule has 4 saturated heterocycles. The molecule has 0 spiro atoms. The quantitative estimate of drug-likeness (QED) is 0.836. The Bertz CT molecular complexity index is 747. The van der Waals surface area contributed by atoms with Crippen molar-refractivity contribution >= 4 is 17.6 Å². The SMILES string of the molecule is O=C(Nc1ccccc1)N1CCC(N2C[C@H]3C[C@H](C2)[C@H]2CCCC(=O)N2C3)CC1.